The van der Waals surface area contributed by atoms with Crippen molar-refractivity contribution in [2.24, 2.45) is 0 Å². The number of thiazole rings is 1. The van der Waals surface area contributed by atoms with Gasteiger partial charge >= 0.3 is 0 Å². The Labute approximate surface area is 137 Å². The third-order valence-corrected chi connectivity index (χ3v) is 4.51. The molecule has 0 aliphatic carbocycles. The van der Waals surface area contributed by atoms with Crippen LogP contribution in [-0.2, 0) is 11.3 Å². The van der Waals surface area contributed by atoms with Gasteiger partial charge in [0.1, 0.15) is 0 Å². The van der Waals surface area contributed by atoms with Crippen molar-refractivity contribution in [2.45, 2.75) is 6.54 Å². The van der Waals surface area contributed by atoms with Gasteiger partial charge in [-0.25, -0.2) is 4.98 Å². The highest BCUT2D eigenvalue weighted by molar-refractivity contribution is 7.15. The highest BCUT2D eigenvalue weighted by Gasteiger charge is 2.18. The van der Waals surface area contributed by atoms with E-state index >= 15 is 0 Å². The minimum Gasteiger partial charge on any atom is -0.380 e. The van der Waals surface area contributed by atoms with Crippen LogP contribution in [-0.4, -0.2) is 42.1 Å². The molecular formula is C15H16ClN3O2S. The first-order chi connectivity index (χ1) is 10.7. The quantitative estimate of drug-likeness (QED) is 0.932. The third kappa shape index (κ3) is 3.76. The maximum absolute atomic E-state index is 12.4. The minimum absolute atomic E-state index is 0.0489. The predicted molar refractivity (Wildman–Crippen MR) is 87.6 cm³/mol. The van der Waals surface area contributed by atoms with Crippen LogP contribution in [0.1, 0.15) is 15.2 Å². The van der Waals surface area contributed by atoms with E-state index in [9.17, 15) is 4.79 Å². The van der Waals surface area contributed by atoms with E-state index in [4.69, 9.17) is 16.3 Å². The van der Waals surface area contributed by atoms with Crippen molar-refractivity contribution in [3.63, 3.8) is 0 Å². The van der Waals surface area contributed by atoms with Gasteiger partial charge in [0.2, 0.25) is 0 Å². The normalized spacial score (nSPS) is 14.9. The van der Waals surface area contributed by atoms with E-state index in [1.165, 1.54) is 11.3 Å². The van der Waals surface area contributed by atoms with E-state index in [-0.39, 0.29) is 5.91 Å². The van der Waals surface area contributed by atoms with Crippen LogP contribution in [0.5, 0.6) is 0 Å². The van der Waals surface area contributed by atoms with Gasteiger partial charge in [0, 0.05) is 35.4 Å². The molecule has 0 spiro atoms. The van der Waals surface area contributed by atoms with E-state index in [0.717, 1.165) is 10.6 Å². The lowest BCUT2D eigenvalue weighted by Gasteiger charge is -2.27. The Morgan fingerprint density at radius 3 is 2.95 bits per heavy atom. The summed E-state index contributed by atoms with van der Waals surface area (Å²) in [6.07, 6.45) is 1.75. The summed E-state index contributed by atoms with van der Waals surface area (Å²) >= 11 is 7.26. The Morgan fingerprint density at radius 1 is 1.41 bits per heavy atom. The first-order valence-corrected chi connectivity index (χ1v) is 8.23. The molecule has 1 fully saturated rings. The molecule has 7 heteroatoms. The Balaban J connectivity index is 1.65. The van der Waals surface area contributed by atoms with Gasteiger partial charge in [-0.2, -0.15) is 0 Å². The highest BCUT2D eigenvalue weighted by Crippen LogP contribution is 2.20. The van der Waals surface area contributed by atoms with Crippen LogP contribution in [0.2, 0.25) is 4.47 Å². The van der Waals surface area contributed by atoms with E-state index in [2.05, 4.69) is 10.3 Å². The maximum Gasteiger partial charge on any atom is 0.254 e. The van der Waals surface area contributed by atoms with Crippen molar-refractivity contribution in [1.29, 1.82) is 0 Å². The van der Waals surface area contributed by atoms with Crippen molar-refractivity contribution in [2.75, 3.05) is 31.6 Å². The van der Waals surface area contributed by atoms with Crippen molar-refractivity contribution < 1.29 is 9.53 Å². The molecule has 5 nitrogen and oxygen atoms in total. The van der Waals surface area contributed by atoms with E-state index < -0.39 is 0 Å². The molecule has 2 heterocycles. The number of anilines is 1. The molecule has 2 aromatic rings. The molecule has 0 saturated carbocycles. The molecular weight excluding hydrogens is 322 g/mol. The van der Waals surface area contributed by atoms with Crippen molar-refractivity contribution in [1.82, 2.24) is 9.88 Å². The topological polar surface area (TPSA) is 54.5 Å². The highest BCUT2D eigenvalue weighted by atomic mass is 35.5. The Kier molecular flexibility index (Phi) is 4.92. The summed E-state index contributed by atoms with van der Waals surface area (Å²) in [5.41, 5.74) is 1.60. The molecule has 3 rings (SSSR count). The Morgan fingerprint density at radius 2 is 2.23 bits per heavy atom. The van der Waals surface area contributed by atoms with E-state index in [1.54, 1.807) is 6.20 Å². The number of halogens is 1. The van der Waals surface area contributed by atoms with Gasteiger partial charge in [-0.1, -0.05) is 17.7 Å². The zero-order chi connectivity index (χ0) is 15.4. The fourth-order valence-electron chi connectivity index (χ4n) is 2.27. The molecule has 1 amide bonds. The molecule has 116 valence electrons. The second-order valence-electron chi connectivity index (χ2n) is 4.92. The molecule has 22 heavy (non-hydrogen) atoms. The molecule has 0 atom stereocenters. The van der Waals surface area contributed by atoms with Gasteiger partial charge in [0.05, 0.1) is 19.8 Å². The second-order valence-corrected chi connectivity index (χ2v) is 6.62. The number of hydrogen-bond donors (Lipinski definition) is 1. The number of amides is 1. The first kappa shape index (κ1) is 15.3. The SMILES string of the molecule is O=C(c1cccc(NCc2cnc(Cl)s2)c1)N1CCOCC1. The molecule has 1 aliphatic rings. The summed E-state index contributed by atoms with van der Waals surface area (Å²) in [7, 11) is 0. The van der Waals surface area contributed by atoms with Crippen LogP contribution in [0.25, 0.3) is 0 Å². The largest absolute Gasteiger partial charge is 0.380 e. The lowest BCUT2D eigenvalue weighted by Crippen LogP contribution is -2.40. The van der Waals surface area contributed by atoms with Gasteiger partial charge < -0.3 is 15.0 Å². The van der Waals surface area contributed by atoms with Crippen LogP contribution in [0.15, 0.2) is 30.5 Å². The number of morpholine rings is 1. The summed E-state index contributed by atoms with van der Waals surface area (Å²) in [5.74, 6) is 0.0489. The summed E-state index contributed by atoms with van der Waals surface area (Å²) in [4.78, 5) is 19.3. The van der Waals surface area contributed by atoms with Crippen molar-refractivity contribution in [3.8, 4) is 0 Å². The Bertz CT molecular complexity index is 656. The third-order valence-electron chi connectivity index (χ3n) is 3.40. The fourth-order valence-corrected chi connectivity index (χ4v) is 3.18. The summed E-state index contributed by atoms with van der Waals surface area (Å²) in [6.45, 7) is 3.15. The number of hydrogen-bond acceptors (Lipinski definition) is 5. The molecule has 1 aromatic heterocycles. The number of benzene rings is 1. The predicted octanol–water partition coefficient (Wildman–Crippen LogP) is 2.88. The van der Waals surface area contributed by atoms with Gasteiger partial charge in [0.25, 0.3) is 5.91 Å². The van der Waals surface area contributed by atoms with Gasteiger partial charge in [0.15, 0.2) is 4.47 Å². The lowest BCUT2D eigenvalue weighted by molar-refractivity contribution is 0.0303. The fraction of sp³-hybridized carbons (Fsp3) is 0.333. The average Bonchev–Trinajstić information content (AvgIpc) is 2.99. The Hall–Kier alpha value is -1.63. The number of nitrogens with one attached hydrogen (secondary N) is 1. The number of ether oxygens (including phenoxy) is 1. The lowest BCUT2D eigenvalue weighted by atomic mass is 10.1. The molecule has 1 aliphatic heterocycles. The summed E-state index contributed by atoms with van der Waals surface area (Å²) in [5, 5.41) is 3.29. The van der Waals surface area contributed by atoms with Crippen LogP contribution in [0, 0.1) is 0 Å². The molecule has 0 bridgehead atoms. The zero-order valence-electron chi connectivity index (χ0n) is 11.9. The average molecular weight is 338 g/mol. The molecule has 1 N–H and O–H groups in total. The number of carbonyl (C=O) groups is 1. The molecule has 0 radical (unpaired) electrons. The van der Waals surface area contributed by atoms with Crippen LogP contribution in [0.3, 0.4) is 0 Å². The summed E-state index contributed by atoms with van der Waals surface area (Å²) < 4.78 is 5.81. The molecule has 0 unspecified atom stereocenters. The number of rotatable bonds is 4. The van der Waals surface area contributed by atoms with Crippen molar-refractivity contribution >= 4 is 34.5 Å². The molecule has 1 aromatic carbocycles. The zero-order valence-corrected chi connectivity index (χ0v) is 13.5. The van der Waals surface area contributed by atoms with Crippen LogP contribution in [0.4, 0.5) is 5.69 Å². The smallest absolute Gasteiger partial charge is 0.254 e. The summed E-state index contributed by atoms with van der Waals surface area (Å²) in [6, 6.07) is 7.54. The standard InChI is InChI=1S/C15H16ClN3O2S/c16-15-18-10-13(22-15)9-17-12-3-1-2-11(8-12)14(20)19-4-6-21-7-5-19/h1-3,8,10,17H,4-7,9H2. The number of nitrogens with zero attached hydrogens (tertiary/aromatic N) is 2. The number of aromatic nitrogens is 1. The first-order valence-electron chi connectivity index (χ1n) is 7.03. The van der Waals surface area contributed by atoms with E-state index in [0.29, 0.717) is 42.9 Å². The van der Waals surface area contributed by atoms with Crippen LogP contribution < -0.4 is 5.32 Å². The van der Waals surface area contributed by atoms with E-state index in [1.807, 2.05) is 29.2 Å². The maximum atomic E-state index is 12.4. The monoisotopic (exact) mass is 337 g/mol. The molecule has 1 saturated heterocycles. The second kappa shape index (κ2) is 7.09. The van der Waals surface area contributed by atoms with Gasteiger partial charge in [-0.05, 0) is 18.2 Å². The minimum atomic E-state index is 0.0489. The van der Waals surface area contributed by atoms with Crippen LogP contribution >= 0.6 is 22.9 Å². The number of carbonyl (C=O) groups excluding carboxylic acids is 1. The van der Waals surface area contributed by atoms with Crippen molar-refractivity contribution in [3.05, 3.63) is 45.4 Å². The van der Waals surface area contributed by atoms with Gasteiger partial charge in [-0.15, -0.1) is 11.3 Å². The van der Waals surface area contributed by atoms with Gasteiger partial charge in [-0.3, -0.25) is 4.79 Å².